The molecule has 0 saturated carbocycles. The Morgan fingerprint density at radius 3 is 1.24 bits per heavy atom. The summed E-state index contributed by atoms with van der Waals surface area (Å²) in [6.45, 7) is 8.42. The van der Waals surface area contributed by atoms with Gasteiger partial charge in [-0.15, -0.1) is 0 Å². The monoisotopic (exact) mass is 747 g/mol. The Hall–Kier alpha value is -0.950. The summed E-state index contributed by atoms with van der Waals surface area (Å²) < 4.78 is 26.4. The maximum atomic E-state index is 12.4. The van der Waals surface area contributed by atoms with E-state index < -0.39 is 32.5 Å². The Labute approximate surface area is 315 Å². The SMILES string of the molecule is CCC(C)CCCCCCCCCCCCCCCCC(=O)OC[C@H](COP(=O)(O)O)OC(=O)CCCCCCCCCCCCCCC(C)C. The van der Waals surface area contributed by atoms with Crippen LogP contribution in [0.4, 0.5) is 0 Å². The van der Waals surface area contributed by atoms with E-state index in [1.165, 1.54) is 141 Å². The average Bonchev–Trinajstić information content (AvgIpc) is 3.08. The van der Waals surface area contributed by atoms with Crippen LogP contribution in [0.5, 0.6) is 0 Å². The fourth-order valence-electron chi connectivity index (χ4n) is 6.48. The Kier molecular flexibility index (Phi) is 35.4. The smallest absolute Gasteiger partial charge is 0.462 e. The Morgan fingerprint density at radius 1 is 0.510 bits per heavy atom. The number of ether oxygens (including phenoxy) is 2. The number of carbonyl (C=O) groups is 2. The summed E-state index contributed by atoms with van der Waals surface area (Å²) in [6.07, 6.45) is 35.4. The first-order valence-electron chi connectivity index (χ1n) is 21.6. The molecule has 0 heterocycles. The van der Waals surface area contributed by atoms with Crippen molar-refractivity contribution < 1.29 is 37.9 Å². The van der Waals surface area contributed by atoms with Gasteiger partial charge in [0.1, 0.15) is 6.61 Å². The molecule has 0 bridgehead atoms. The lowest BCUT2D eigenvalue weighted by molar-refractivity contribution is -0.161. The highest BCUT2D eigenvalue weighted by Gasteiger charge is 2.23. The molecule has 8 nitrogen and oxygen atoms in total. The second kappa shape index (κ2) is 36.0. The van der Waals surface area contributed by atoms with E-state index in [1.807, 2.05) is 0 Å². The van der Waals surface area contributed by atoms with Gasteiger partial charge < -0.3 is 19.3 Å². The van der Waals surface area contributed by atoms with Gasteiger partial charge in [-0.05, 0) is 24.7 Å². The highest BCUT2D eigenvalue weighted by atomic mass is 31.2. The number of phosphoric acid groups is 1. The molecule has 9 heteroatoms. The van der Waals surface area contributed by atoms with Crippen molar-refractivity contribution in [3.8, 4) is 0 Å². The standard InChI is InChI=1S/C42H83O8P/c1-5-39(4)33-29-25-21-17-13-8-6-7-9-14-18-22-26-30-34-41(43)48-36-40(37-49-51(45,46)47)50-42(44)35-31-27-23-19-15-11-10-12-16-20-24-28-32-38(2)3/h38-40H,5-37H2,1-4H3,(H2,45,46,47)/t39?,40-/m1/s1. The molecule has 2 N–H and O–H groups in total. The molecule has 51 heavy (non-hydrogen) atoms. The van der Waals surface area contributed by atoms with Gasteiger partial charge >= 0.3 is 19.8 Å². The van der Waals surface area contributed by atoms with Crippen LogP contribution in [0, 0.1) is 11.8 Å². The lowest BCUT2D eigenvalue weighted by Gasteiger charge is -2.18. The van der Waals surface area contributed by atoms with E-state index in [4.69, 9.17) is 19.3 Å². The predicted molar refractivity (Wildman–Crippen MR) is 212 cm³/mol. The van der Waals surface area contributed by atoms with Crippen molar-refractivity contribution in [2.24, 2.45) is 11.8 Å². The van der Waals surface area contributed by atoms with Crippen molar-refractivity contribution in [3.05, 3.63) is 0 Å². The van der Waals surface area contributed by atoms with E-state index in [2.05, 4.69) is 32.2 Å². The number of hydrogen-bond donors (Lipinski definition) is 2. The zero-order valence-electron chi connectivity index (χ0n) is 33.9. The second-order valence-corrected chi connectivity index (χ2v) is 17.0. The van der Waals surface area contributed by atoms with Crippen molar-refractivity contribution in [1.82, 2.24) is 0 Å². The minimum atomic E-state index is -4.75. The number of phosphoric ester groups is 1. The summed E-state index contributed by atoms with van der Waals surface area (Å²) >= 11 is 0. The number of unbranched alkanes of at least 4 members (excludes halogenated alkanes) is 24. The van der Waals surface area contributed by atoms with E-state index in [0.29, 0.717) is 6.42 Å². The third-order valence-electron chi connectivity index (χ3n) is 10.1. The molecule has 0 aliphatic rings. The summed E-state index contributed by atoms with van der Waals surface area (Å²) in [7, 11) is -4.75. The fourth-order valence-corrected chi connectivity index (χ4v) is 6.84. The number of hydrogen-bond acceptors (Lipinski definition) is 6. The van der Waals surface area contributed by atoms with Crippen molar-refractivity contribution in [2.45, 2.75) is 233 Å². The van der Waals surface area contributed by atoms with E-state index in [0.717, 1.165) is 50.4 Å². The van der Waals surface area contributed by atoms with Gasteiger partial charge in [-0.3, -0.25) is 14.1 Å². The highest BCUT2D eigenvalue weighted by Crippen LogP contribution is 2.36. The molecule has 1 unspecified atom stereocenters. The normalized spacial score (nSPS) is 13.1. The first kappa shape index (κ1) is 50.1. The van der Waals surface area contributed by atoms with Gasteiger partial charge in [0.25, 0.3) is 0 Å². The molecule has 0 radical (unpaired) electrons. The van der Waals surface area contributed by atoms with Gasteiger partial charge in [0.05, 0.1) is 6.61 Å². The number of esters is 2. The van der Waals surface area contributed by atoms with Crippen LogP contribution in [0.1, 0.15) is 227 Å². The van der Waals surface area contributed by atoms with Crippen LogP contribution in [-0.4, -0.2) is 41.0 Å². The molecule has 0 aromatic carbocycles. The van der Waals surface area contributed by atoms with Gasteiger partial charge in [-0.1, -0.05) is 201 Å². The minimum Gasteiger partial charge on any atom is -0.462 e. The third kappa shape index (κ3) is 40.1. The molecule has 0 spiro atoms. The van der Waals surface area contributed by atoms with Gasteiger partial charge in [-0.25, -0.2) is 4.57 Å². The maximum Gasteiger partial charge on any atom is 0.469 e. The summed E-state index contributed by atoms with van der Waals surface area (Å²) in [5, 5.41) is 0. The van der Waals surface area contributed by atoms with E-state index in [1.54, 1.807) is 0 Å². The number of carbonyl (C=O) groups excluding carboxylic acids is 2. The Morgan fingerprint density at radius 2 is 0.863 bits per heavy atom. The van der Waals surface area contributed by atoms with Gasteiger partial charge in [-0.2, -0.15) is 0 Å². The van der Waals surface area contributed by atoms with Crippen LogP contribution in [0.3, 0.4) is 0 Å². The largest absolute Gasteiger partial charge is 0.469 e. The topological polar surface area (TPSA) is 119 Å². The molecule has 0 aromatic heterocycles. The van der Waals surface area contributed by atoms with Crippen molar-refractivity contribution in [1.29, 1.82) is 0 Å². The molecule has 0 rings (SSSR count). The molecule has 0 aliphatic heterocycles. The van der Waals surface area contributed by atoms with Crippen LogP contribution < -0.4 is 0 Å². The molecule has 2 atom stereocenters. The van der Waals surface area contributed by atoms with E-state index >= 15 is 0 Å². The van der Waals surface area contributed by atoms with Gasteiger partial charge in [0.2, 0.25) is 0 Å². The quantitative estimate of drug-likeness (QED) is 0.0362. The fraction of sp³-hybridized carbons (Fsp3) is 0.952. The number of rotatable bonds is 39. The van der Waals surface area contributed by atoms with Gasteiger partial charge in [0, 0.05) is 12.8 Å². The zero-order valence-corrected chi connectivity index (χ0v) is 34.8. The third-order valence-corrected chi connectivity index (χ3v) is 10.6. The lowest BCUT2D eigenvalue weighted by atomic mass is 9.99. The second-order valence-electron chi connectivity index (χ2n) is 15.8. The van der Waals surface area contributed by atoms with Crippen molar-refractivity contribution >= 4 is 19.8 Å². The van der Waals surface area contributed by atoms with Crippen LogP contribution in [0.25, 0.3) is 0 Å². The molecule has 0 aliphatic carbocycles. The molecule has 0 fully saturated rings. The summed E-state index contributed by atoms with van der Waals surface area (Å²) in [6, 6.07) is 0. The Balaban J connectivity index is 3.86. The molecule has 0 amide bonds. The van der Waals surface area contributed by atoms with Crippen molar-refractivity contribution in [3.63, 3.8) is 0 Å². The van der Waals surface area contributed by atoms with Crippen LogP contribution in [-0.2, 0) is 28.2 Å². The summed E-state index contributed by atoms with van der Waals surface area (Å²) in [4.78, 5) is 42.9. The molecule has 304 valence electrons. The lowest BCUT2D eigenvalue weighted by Crippen LogP contribution is -2.29. The molecular weight excluding hydrogens is 663 g/mol. The molecular formula is C42H83O8P. The van der Waals surface area contributed by atoms with E-state index in [-0.39, 0.29) is 19.4 Å². The van der Waals surface area contributed by atoms with Gasteiger partial charge in [0.15, 0.2) is 6.10 Å². The first-order valence-corrected chi connectivity index (χ1v) is 23.1. The Bertz CT molecular complexity index is 830. The molecule has 0 saturated heterocycles. The highest BCUT2D eigenvalue weighted by molar-refractivity contribution is 7.46. The van der Waals surface area contributed by atoms with Crippen LogP contribution in [0.2, 0.25) is 0 Å². The minimum absolute atomic E-state index is 0.218. The molecule has 0 aromatic rings. The van der Waals surface area contributed by atoms with Crippen LogP contribution in [0.15, 0.2) is 0 Å². The zero-order chi connectivity index (χ0) is 37.8. The van der Waals surface area contributed by atoms with Crippen LogP contribution >= 0.6 is 7.82 Å². The van der Waals surface area contributed by atoms with Crippen molar-refractivity contribution in [2.75, 3.05) is 13.2 Å². The first-order chi connectivity index (χ1) is 24.5. The van der Waals surface area contributed by atoms with E-state index in [9.17, 15) is 14.2 Å². The predicted octanol–water partition coefficient (Wildman–Crippen LogP) is 13.0. The average molecular weight is 747 g/mol. The summed E-state index contributed by atoms with van der Waals surface area (Å²) in [5.74, 6) is 0.831. The summed E-state index contributed by atoms with van der Waals surface area (Å²) in [5.41, 5.74) is 0. The maximum absolute atomic E-state index is 12.4.